The van der Waals surface area contributed by atoms with Crippen LogP contribution >= 0.6 is 0 Å². The largest absolute Gasteiger partial charge is 0.469 e. The molecule has 1 aromatic rings. The summed E-state index contributed by atoms with van der Waals surface area (Å²) < 4.78 is 17.8. The number of carbonyl (C=O) groups excluding carboxylic acids is 1. The molecule has 116 valence electrons. The number of rotatable bonds is 6. The molecule has 0 bridgehead atoms. The standard InChI is InChI=1S/C15H22FN3O2/c1-4-17-15(18-8-7-14(20)21-3)19-10-12-5-6-13(16)11(2)9-12/h5-6,9H,4,7-8,10H2,1-3H3,(H2,17,18,19). The van der Waals surface area contributed by atoms with E-state index in [9.17, 15) is 9.18 Å². The van der Waals surface area contributed by atoms with Crippen LogP contribution in [0, 0.1) is 12.7 Å². The number of carbonyl (C=O) groups is 1. The molecule has 0 atom stereocenters. The fourth-order valence-corrected chi connectivity index (χ4v) is 1.70. The molecule has 2 N–H and O–H groups in total. The van der Waals surface area contributed by atoms with Gasteiger partial charge in [0.15, 0.2) is 5.96 Å². The number of hydrogen-bond acceptors (Lipinski definition) is 3. The van der Waals surface area contributed by atoms with Crippen LogP contribution in [0.4, 0.5) is 4.39 Å². The van der Waals surface area contributed by atoms with Gasteiger partial charge >= 0.3 is 5.97 Å². The van der Waals surface area contributed by atoms with Crippen LogP contribution in [-0.4, -0.2) is 32.1 Å². The van der Waals surface area contributed by atoms with Gasteiger partial charge in [-0.05, 0) is 31.0 Å². The zero-order chi connectivity index (χ0) is 15.7. The predicted molar refractivity (Wildman–Crippen MR) is 80.6 cm³/mol. The van der Waals surface area contributed by atoms with Crippen molar-refractivity contribution in [3.05, 3.63) is 35.1 Å². The van der Waals surface area contributed by atoms with Crippen molar-refractivity contribution in [2.75, 3.05) is 20.2 Å². The van der Waals surface area contributed by atoms with E-state index in [4.69, 9.17) is 0 Å². The molecular formula is C15H22FN3O2. The minimum Gasteiger partial charge on any atom is -0.469 e. The molecule has 0 saturated heterocycles. The Hall–Kier alpha value is -2.11. The van der Waals surface area contributed by atoms with Crippen LogP contribution in [-0.2, 0) is 16.1 Å². The predicted octanol–water partition coefficient (Wildman–Crippen LogP) is 1.75. The molecule has 0 amide bonds. The highest BCUT2D eigenvalue weighted by molar-refractivity contribution is 5.80. The number of nitrogens with one attached hydrogen (secondary N) is 2. The van der Waals surface area contributed by atoms with Crippen LogP contribution < -0.4 is 10.6 Å². The van der Waals surface area contributed by atoms with E-state index in [2.05, 4.69) is 20.4 Å². The SMILES string of the molecule is CCNC(=NCc1ccc(F)c(C)c1)NCCC(=O)OC. The van der Waals surface area contributed by atoms with Crippen molar-refractivity contribution in [1.82, 2.24) is 10.6 Å². The Bertz CT molecular complexity index is 504. The van der Waals surface area contributed by atoms with E-state index in [-0.39, 0.29) is 18.2 Å². The van der Waals surface area contributed by atoms with E-state index in [0.29, 0.717) is 31.2 Å². The number of nitrogens with zero attached hydrogens (tertiary/aromatic N) is 1. The Labute approximate surface area is 124 Å². The number of aliphatic imine (C=N–C) groups is 1. The summed E-state index contributed by atoms with van der Waals surface area (Å²) in [6, 6.07) is 4.93. The summed E-state index contributed by atoms with van der Waals surface area (Å²) in [5.41, 5.74) is 1.53. The van der Waals surface area contributed by atoms with Gasteiger partial charge in [0.1, 0.15) is 5.82 Å². The molecule has 0 saturated carbocycles. The first-order valence-corrected chi connectivity index (χ1v) is 6.90. The molecule has 0 aliphatic carbocycles. The lowest BCUT2D eigenvalue weighted by Gasteiger charge is -2.11. The third-order valence-corrected chi connectivity index (χ3v) is 2.84. The molecule has 1 aromatic carbocycles. The topological polar surface area (TPSA) is 62.7 Å². The summed E-state index contributed by atoms with van der Waals surface area (Å²) in [5.74, 6) is 0.127. The molecule has 0 aromatic heterocycles. The van der Waals surface area contributed by atoms with Crippen LogP contribution in [0.15, 0.2) is 23.2 Å². The smallest absolute Gasteiger partial charge is 0.307 e. The first-order valence-electron chi connectivity index (χ1n) is 6.90. The van der Waals surface area contributed by atoms with Crippen molar-refractivity contribution in [1.29, 1.82) is 0 Å². The lowest BCUT2D eigenvalue weighted by atomic mass is 10.1. The maximum absolute atomic E-state index is 13.2. The molecule has 0 aliphatic heterocycles. The molecule has 0 spiro atoms. The van der Waals surface area contributed by atoms with Crippen LogP contribution in [0.2, 0.25) is 0 Å². The van der Waals surface area contributed by atoms with Crippen molar-refractivity contribution < 1.29 is 13.9 Å². The van der Waals surface area contributed by atoms with Gasteiger partial charge < -0.3 is 15.4 Å². The Kier molecular flexibility index (Phi) is 7.21. The summed E-state index contributed by atoms with van der Waals surface area (Å²) in [4.78, 5) is 15.4. The van der Waals surface area contributed by atoms with Crippen LogP contribution in [0.5, 0.6) is 0 Å². The molecule has 0 unspecified atom stereocenters. The second-order valence-corrected chi connectivity index (χ2v) is 4.53. The lowest BCUT2D eigenvalue weighted by molar-refractivity contribution is -0.140. The number of hydrogen-bond donors (Lipinski definition) is 2. The Balaban J connectivity index is 2.57. The molecule has 0 fully saturated rings. The summed E-state index contributed by atoms with van der Waals surface area (Å²) in [6.07, 6.45) is 0.274. The second-order valence-electron chi connectivity index (χ2n) is 4.53. The molecule has 0 heterocycles. The van der Waals surface area contributed by atoms with Crippen molar-refractivity contribution in [3.8, 4) is 0 Å². The van der Waals surface area contributed by atoms with Crippen LogP contribution in [0.1, 0.15) is 24.5 Å². The van der Waals surface area contributed by atoms with Gasteiger partial charge in [0.2, 0.25) is 0 Å². The highest BCUT2D eigenvalue weighted by Gasteiger charge is 2.03. The van der Waals surface area contributed by atoms with Gasteiger partial charge in [0.25, 0.3) is 0 Å². The normalized spacial score (nSPS) is 11.1. The first-order chi connectivity index (χ1) is 10.1. The van der Waals surface area contributed by atoms with Crippen LogP contribution in [0.25, 0.3) is 0 Å². The summed E-state index contributed by atoms with van der Waals surface area (Å²) in [6.45, 7) is 5.28. The highest BCUT2D eigenvalue weighted by atomic mass is 19.1. The molecule has 21 heavy (non-hydrogen) atoms. The zero-order valence-corrected chi connectivity index (χ0v) is 12.7. The van der Waals surface area contributed by atoms with E-state index in [1.807, 2.05) is 6.92 Å². The average molecular weight is 295 g/mol. The number of esters is 1. The van der Waals surface area contributed by atoms with Gasteiger partial charge in [0.05, 0.1) is 20.1 Å². The third kappa shape index (κ3) is 6.25. The molecule has 1 rings (SSSR count). The summed E-state index contributed by atoms with van der Waals surface area (Å²) >= 11 is 0. The van der Waals surface area contributed by atoms with E-state index in [1.54, 1.807) is 19.1 Å². The molecule has 5 nitrogen and oxygen atoms in total. The fourth-order valence-electron chi connectivity index (χ4n) is 1.70. The number of methoxy groups -OCH3 is 1. The van der Waals surface area contributed by atoms with E-state index < -0.39 is 0 Å². The van der Waals surface area contributed by atoms with E-state index in [1.165, 1.54) is 13.2 Å². The first kappa shape index (κ1) is 16.9. The lowest BCUT2D eigenvalue weighted by Crippen LogP contribution is -2.38. The monoisotopic (exact) mass is 295 g/mol. The van der Waals surface area contributed by atoms with Gasteiger partial charge in [-0.1, -0.05) is 12.1 Å². The van der Waals surface area contributed by atoms with Gasteiger partial charge in [-0.15, -0.1) is 0 Å². The zero-order valence-electron chi connectivity index (χ0n) is 12.7. The van der Waals surface area contributed by atoms with Gasteiger partial charge in [-0.25, -0.2) is 9.38 Å². The van der Waals surface area contributed by atoms with Crippen molar-refractivity contribution in [2.45, 2.75) is 26.8 Å². The number of benzene rings is 1. The van der Waals surface area contributed by atoms with Crippen molar-refractivity contribution >= 4 is 11.9 Å². The fraction of sp³-hybridized carbons (Fsp3) is 0.467. The number of halogens is 1. The quantitative estimate of drug-likeness (QED) is 0.477. The van der Waals surface area contributed by atoms with Gasteiger partial charge in [-0.2, -0.15) is 0 Å². The average Bonchev–Trinajstić information content (AvgIpc) is 2.48. The highest BCUT2D eigenvalue weighted by Crippen LogP contribution is 2.09. The Morgan fingerprint density at radius 3 is 2.76 bits per heavy atom. The maximum Gasteiger partial charge on any atom is 0.307 e. The van der Waals surface area contributed by atoms with Crippen molar-refractivity contribution in [2.24, 2.45) is 4.99 Å². The summed E-state index contributed by atoms with van der Waals surface area (Å²) in [7, 11) is 1.36. The number of guanidine groups is 1. The van der Waals surface area contributed by atoms with Crippen LogP contribution in [0.3, 0.4) is 0 Å². The van der Waals surface area contributed by atoms with E-state index >= 15 is 0 Å². The molecule has 0 aliphatic rings. The minimum absolute atomic E-state index is 0.217. The second kappa shape index (κ2) is 8.94. The Morgan fingerprint density at radius 1 is 1.38 bits per heavy atom. The molecule has 0 radical (unpaired) electrons. The molecule has 6 heteroatoms. The number of aryl methyl sites for hydroxylation is 1. The Morgan fingerprint density at radius 2 is 2.14 bits per heavy atom. The minimum atomic E-state index is -0.271. The van der Waals surface area contributed by atoms with Gasteiger partial charge in [0, 0.05) is 13.1 Å². The van der Waals surface area contributed by atoms with E-state index in [0.717, 1.165) is 5.56 Å². The summed E-state index contributed by atoms with van der Waals surface area (Å²) in [5, 5.41) is 6.13. The maximum atomic E-state index is 13.2. The number of ether oxygens (including phenoxy) is 1. The molecular weight excluding hydrogens is 273 g/mol. The van der Waals surface area contributed by atoms with Crippen molar-refractivity contribution in [3.63, 3.8) is 0 Å². The van der Waals surface area contributed by atoms with Gasteiger partial charge in [-0.3, -0.25) is 4.79 Å². The third-order valence-electron chi connectivity index (χ3n) is 2.84.